The van der Waals surface area contributed by atoms with Gasteiger partial charge in [0.05, 0.1) is 0 Å². The number of allylic oxidation sites excluding steroid dienone is 1. The maximum atomic E-state index is 4.41. The first-order chi connectivity index (χ1) is 23.6. The number of hydrogen-bond donors (Lipinski definition) is 0. The molecule has 48 heavy (non-hydrogen) atoms. The van der Waals surface area contributed by atoms with Crippen LogP contribution >= 0.6 is 11.8 Å². The van der Waals surface area contributed by atoms with Crippen LogP contribution in [0, 0.1) is 6.92 Å². The first kappa shape index (κ1) is 30.3. The van der Waals surface area contributed by atoms with Gasteiger partial charge in [0.2, 0.25) is 0 Å². The van der Waals surface area contributed by atoms with Crippen LogP contribution < -0.4 is 4.90 Å². The fourth-order valence-electron chi connectivity index (χ4n) is 7.62. The Labute approximate surface area is 289 Å². The lowest BCUT2D eigenvalue weighted by atomic mass is 9.95. The summed E-state index contributed by atoms with van der Waals surface area (Å²) in [4.78, 5) is 4.95. The molecule has 1 heterocycles. The largest absolute Gasteiger partial charge is 0.338 e. The van der Waals surface area contributed by atoms with Crippen molar-refractivity contribution in [2.45, 2.75) is 43.0 Å². The molecule has 0 aromatic heterocycles. The second kappa shape index (κ2) is 13.2. The van der Waals surface area contributed by atoms with Crippen molar-refractivity contribution in [1.29, 1.82) is 0 Å². The molecule has 2 atom stereocenters. The van der Waals surface area contributed by atoms with Crippen molar-refractivity contribution in [2.24, 2.45) is 0 Å². The summed E-state index contributed by atoms with van der Waals surface area (Å²) >= 11 is 1.77. The van der Waals surface area contributed by atoms with Crippen LogP contribution in [0.3, 0.4) is 0 Å². The molecule has 0 radical (unpaired) electrons. The lowest BCUT2D eigenvalue weighted by Crippen LogP contribution is -2.26. The molecule has 234 valence electrons. The molecule has 0 saturated heterocycles. The molecule has 1 saturated carbocycles. The Morgan fingerprint density at radius 2 is 1.42 bits per heavy atom. The zero-order chi connectivity index (χ0) is 32.5. The zero-order valence-electron chi connectivity index (χ0n) is 27.3. The van der Waals surface area contributed by atoms with Gasteiger partial charge in [-0.05, 0) is 106 Å². The van der Waals surface area contributed by atoms with Crippen LogP contribution in [-0.4, -0.2) is 6.04 Å². The maximum absolute atomic E-state index is 4.41. The van der Waals surface area contributed by atoms with Crippen LogP contribution in [0.5, 0.6) is 0 Å². The van der Waals surface area contributed by atoms with Crippen LogP contribution in [0.15, 0.2) is 162 Å². The summed E-state index contributed by atoms with van der Waals surface area (Å²) in [5.41, 5.74) is 11.6. The molecule has 0 N–H and O–H groups in total. The lowest BCUT2D eigenvalue weighted by Gasteiger charge is -2.27. The van der Waals surface area contributed by atoms with Crippen LogP contribution in [-0.2, 0) is 0 Å². The monoisotopic (exact) mass is 637 g/mol. The van der Waals surface area contributed by atoms with E-state index >= 15 is 0 Å². The van der Waals surface area contributed by atoms with E-state index in [0.29, 0.717) is 12.0 Å². The Kier molecular flexibility index (Phi) is 8.34. The number of thioether (sulfide) groups is 1. The molecule has 1 aliphatic heterocycles. The van der Waals surface area contributed by atoms with Crippen molar-refractivity contribution >= 4 is 51.6 Å². The van der Waals surface area contributed by atoms with Crippen molar-refractivity contribution in [3.05, 3.63) is 190 Å². The standard InChI is InChI=1S/C46H39NS/c1-32-20-26-38-16-9-10-17-40(38)46(32)48-33(2)21-22-34-25-29-45-43(31-34)41-18-11-19-44(41)47(45)39-27-23-35(24-28-39)30-42(36-12-5-3-6-13-36)37-14-7-4-8-15-37/h3-10,12-17,20-31,41,44H,2,11,18-19H2,1H3/b22-21+. The third-order valence-electron chi connectivity index (χ3n) is 9.94. The van der Waals surface area contributed by atoms with Gasteiger partial charge in [0, 0.05) is 33.1 Å². The van der Waals surface area contributed by atoms with E-state index < -0.39 is 0 Å². The van der Waals surface area contributed by atoms with Crippen molar-refractivity contribution < 1.29 is 0 Å². The van der Waals surface area contributed by atoms with Gasteiger partial charge in [0.25, 0.3) is 0 Å². The summed E-state index contributed by atoms with van der Waals surface area (Å²) in [6.45, 7) is 6.60. The molecule has 1 nitrogen and oxygen atoms in total. The van der Waals surface area contributed by atoms with Gasteiger partial charge in [-0.3, -0.25) is 0 Å². The topological polar surface area (TPSA) is 3.24 Å². The Balaban J connectivity index is 1.05. The number of hydrogen-bond acceptors (Lipinski definition) is 2. The van der Waals surface area contributed by atoms with Crippen molar-refractivity contribution in [3.8, 4) is 0 Å². The summed E-state index contributed by atoms with van der Waals surface area (Å²) < 4.78 is 0. The molecule has 8 rings (SSSR count). The third-order valence-corrected chi connectivity index (χ3v) is 11.1. The number of fused-ring (bicyclic) bond motifs is 4. The minimum absolute atomic E-state index is 0.518. The van der Waals surface area contributed by atoms with E-state index in [2.05, 4.69) is 176 Å². The normalized spacial score (nSPS) is 16.6. The average Bonchev–Trinajstić information content (AvgIpc) is 3.73. The fraction of sp³-hybridized carbons (Fsp3) is 0.130. The van der Waals surface area contributed by atoms with Gasteiger partial charge in [-0.15, -0.1) is 0 Å². The van der Waals surface area contributed by atoms with Crippen LogP contribution in [0.2, 0.25) is 0 Å². The number of benzene rings is 6. The first-order valence-corrected chi connectivity index (χ1v) is 17.8. The zero-order valence-corrected chi connectivity index (χ0v) is 28.2. The van der Waals surface area contributed by atoms with E-state index in [-0.39, 0.29) is 0 Å². The molecule has 2 heteroatoms. The maximum Gasteiger partial charge on any atom is 0.0450 e. The van der Waals surface area contributed by atoms with Gasteiger partial charge >= 0.3 is 0 Å². The molecule has 2 aliphatic rings. The molecular formula is C46H39NS. The SMILES string of the molecule is C=C(/C=C/c1ccc2c(c1)C1CCCC1N2c1ccc(C=C(c2ccccc2)c2ccccc2)cc1)Sc1c(C)ccc2ccccc12. The van der Waals surface area contributed by atoms with Gasteiger partial charge in [0.15, 0.2) is 0 Å². The van der Waals surface area contributed by atoms with E-state index in [0.717, 1.165) is 4.91 Å². The fourth-order valence-corrected chi connectivity index (χ4v) is 8.55. The van der Waals surface area contributed by atoms with Crippen molar-refractivity contribution in [3.63, 3.8) is 0 Å². The Bertz CT molecular complexity index is 2120. The number of nitrogens with zero attached hydrogens (tertiary/aromatic N) is 1. The Morgan fingerprint density at radius 1 is 0.729 bits per heavy atom. The molecule has 0 amide bonds. The molecule has 6 aromatic carbocycles. The first-order valence-electron chi connectivity index (χ1n) is 17.0. The number of anilines is 2. The smallest absolute Gasteiger partial charge is 0.0450 e. The van der Waals surface area contributed by atoms with Gasteiger partial charge < -0.3 is 4.90 Å². The molecule has 2 unspecified atom stereocenters. The van der Waals surface area contributed by atoms with E-state index in [9.17, 15) is 0 Å². The molecule has 0 spiro atoms. The molecule has 6 aromatic rings. The predicted octanol–water partition coefficient (Wildman–Crippen LogP) is 12.8. The third kappa shape index (κ3) is 5.93. The van der Waals surface area contributed by atoms with Gasteiger partial charge in [-0.25, -0.2) is 0 Å². The van der Waals surface area contributed by atoms with E-state index in [1.807, 2.05) is 0 Å². The number of rotatable bonds is 8. The quantitative estimate of drug-likeness (QED) is 0.0928. The van der Waals surface area contributed by atoms with Crippen LogP contribution in [0.4, 0.5) is 11.4 Å². The highest BCUT2D eigenvalue weighted by molar-refractivity contribution is 8.03. The summed E-state index contributed by atoms with van der Waals surface area (Å²) in [7, 11) is 0. The summed E-state index contributed by atoms with van der Waals surface area (Å²) in [6, 6.07) is 51.2. The molecule has 0 bridgehead atoms. The molecule has 1 fully saturated rings. The van der Waals surface area contributed by atoms with E-state index in [1.54, 1.807) is 11.8 Å². The van der Waals surface area contributed by atoms with Crippen molar-refractivity contribution in [1.82, 2.24) is 0 Å². The van der Waals surface area contributed by atoms with Crippen LogP contribution in [0.1, 0.15) is 58.6 Å². The minimum Gasteiger partial charge on any atom is -0.338 e. The Morgan fingerprint density at radius 3 is 2.17 bits per heavy atom. The van der Waals surface area contributed by atoms with Gasteiger partial charge in [-0.2, -0.15) is 0 Å². The van der Waals surface area contributed by atoms with Gasteiger partial charge in [0.1, 0.15) is 0 Å². The Hall–Kier alpha value is -5.05. The van der Waals surface area contributed by atoms with E-state index in [1.165, 1.54) is 85.3 Å². The predicted molar refractivity (Wildman–Crippen MR) is 208 cm³/mol. The van der Waals surface area contributed by atoms with Crippen LogP contribution in [0.25, 0.3) is 28.5 Å². The lowest BCUT2D eigenvalue weighted by molar-refractivity contribution is 0.642. The highest BCUT2D eigenvalue weighted by atomic mass is 32.2. The van der Waals surface area contributed by atoms with Crippen molar-refractivity contribution in [2.75, 3.05) is 4.90 Å². The summed E-state index contributed by atoms with van der Waals surface area (Å²) in [5, 5.41) is 2.56. The average molecular weight is 638 g/mol. The summed E-state index contributed by atoms with van der Waals surface area (Å²) in [6.07, 6.45) is 10.5. The second-order valence-corrected chi connectivity index (χ2v) is 14.1. The number of aryl methyl sites for hydroxylation is 1. The highest BCUT2D eigenvalue weighted by Crippen LogP contribution is 2.52. The highest BCUT2D eigenvalue weighted by Gasteiger charge is 2.42. The molecular weight excluding hydrogens is 599 g/mol. The van der Waals surface area contributed by atoms with E-state index in [4.69, 9.17) is 0 Å². The summed E-state index contributed by atoms with van der Waals surface area (Å²) in [5.74, 6) is 0.576. The van der Waals surface area contributed by atoms with Gasteiger partial charge in [-0.1, -0.05) is 146 Å². The second-order valence-electron chi connectivity index (χ2n) is 13.0. The molecule has 1 aliphatic carbocycles. The minimum atomic E-state index is 0.518.